The zero-order valence-electron chi connectivity index (χ0n) is 40.6. The minimum Gasteiger partial charge on any atom is -0.334 e. The highest BCUT2D eigenvalue weighted by Gasteiger charge is 2.59. The van der Waals surface area contributed by atoms with Crippen molar-refractivity contribution in [3.63, 3.8) is 0 Å². The number of hydrogen-bond acceptors (Lipinski definition) is 3. The van der Waals surface area contributed by atoms with E-state index in [1.54, 1.807) is 0 Å². The minimum absolute atomic E-state index is 0.0146. The molecule has 1 aliphatic carbocycles. The normalized spacial score (nSPS) is 20.3. The van der Waals surface area contributed by atoms with Gasteiger partial charge in [-0.2, -0.15) is 0 Å². The average Bonchev–Trinajstić information content (AvgIpc) is 3.62. The molecule has 0 saturated heterocycles. The van der Waals surface area contributed by atoms with Crippen LogP contribution in [0.4, 0.5) is 45.5 Å². The Balaban J connectivity index is 1.34. The fourth-order valence-electron chi connectivity index (χ4n) is 11.8. The summed E-state index contributed by atoms with van der Waals surface area (Å²) >= 11 is 0. The summed E-state index contributed by atoms with van der Waals surface area (Å²) in [5.41, 5.74) is 21.1. The van der Waals surface area contributed by atoms with Crippen LogP contribution in [0.25, 0.3) is 0 Å². The average molecular weight is 830 g/mol. The van der Waals surface area contributed by atoms with Crippen molar-refractivity contribution in [3.05, 3.63) is 149 Å². The lowest BCUT2D eigenvalue weighted by Crippen LogP contribution is -2.62. The van der Waals surface area contributed by atoms with E-state index in [1.807, 2.05) is 0 Å². The Morgan fingerprint density at radius 1 is 0.429 bits per heavy atom. The molecule has 0 radical (unpaired) electrons. The summed E-state index contributed by atoms with van der Waals surface area (Å²) in [4.78, 5) is 7.99. The molecular weight excluding hydrogens is 761 g/mol. The van der Waals surface area contributed by atoms with Crippen molar-refractivity contribution in [1.29, 1.82) is 0 Å². The first-order valence-electron chi connectivity index (χ1n) is 23.7. The van der Waals surface area contributed by atoms with Crippen molar-refractivity contribution < 1.29 is 0 Å². The Bertz CT molecular complexity index is 2640. The number of para-hydroxylation sites is 1. The maximum Gasteiger partial charge on any atom is 0.252 e. The molecule has 2 atom stereocenters. The van der Waals surface area contributed by atoms with Crippen molar-refractivity contribution in [3.8, 4) is 0 Å². The predicted octanol–water partition coefficient (Wildman–Crippen LogP) is 14.3. The second-order valence-electron chi connectivity index (χ2n) is 24.0. The van der Waals surface area contributed by atoms with Crippen molar-refractivity contribution in [2.75, 3.05) is 14.7 Å². The molecule has 2 unspecified atom stereocenters. The number of nitrogens with zero attached hydrogens (tertiary/aromatic N) is 3. The molecule has 4 heteroatoms. The fourth-order valence-corrected chi connectivity index (χ4v) is 11.8. The molecule has 63 heavy (non-hydrogen) atoms. The second-order valence-corrected chi connectivity index (χ2v) is 24.0. The van der Waals surface area contributed by atoms with Crippen LogP contribution in [0.1, 0.15) is 144 Å². The van der Waals surface area contributed by atoms with Gasteiger partial charge in [0.2, 0.25) is 0 Å². The van der Waals surface area contributed by atoms with E-state index in [0.717, 1.165) is 6.42 Å². The van der Waals surface area contributed by atoms with Crippen molar-refractivity contribution in [1.82, 2.24) is 0 Å². The van der Waals surface area contributed by atoms with E-state index in [2.05, 4.69) is 233 Å². The van der Waals surface area contributed by atoms with Gasteiger partial charge in [-0.3, -0.25) is 0 Å². The van der Waals surface area contributed by atoms with Gasteiger partial charge in [-0.05, 0) is 140 Å². The van der Waals surface area contributed by atoms with Gasteiger partial charge in [-0.15, -0.1) is 0 Å². The van der Waals surface area contributed by atoms with Crippen LogP contribution in [0.3, 0.4) is 0 Å². The number of fused-ring (bicyclic) bond motifs is 7. The Morgan fingerprint density at radius 2 is 0.857 bits per heavy atom. The molecule has 0 aromatic heterocycles. The van der Waals surface area contributed by atoms with E-state index in [4.69, 9.17) is 0 Å². The van der Waals surface area contributed by atoms with Crippen LogP contribution >= 0.6 is 0 Å². The third-order valence-corrected chi connectivity index (χ3v) is 15.8. The smallest absolute Gasteiger partial charge is 0.252 e. The molecule has 6 aromatic rings. The fraction of sp³-hybridized carbons (Fsp3) is 0.390. The minimum atomic E-state index is -0.0716. The lowest BCUT2D eigenvalue weighted by Gasteiger charge is -2.47. The molecular formula is C59H68BN3. The molecule has 6 aromatic carbocycles. The van der Waals surface area contributed by atoms with Gasteiger partial charge in [0.15, 0.2) is 0 Å². The number of benzene rings is 6. The van der Waals surface area contributed by atoms with Crippen LogP contribution < -0.4 is 31.1 Å². The molecule has 3 heterocycles. The van der Waals surface area contributed by atoms with E-state index in [0.29, 0.717) is 0 Å². The molecule has 1 saturated carbocycles. The summed E-state index contributed by atoms with van der Waals surface area (Å²) in [6.07, 6.45) is 3.57. The lowest BCUT2D eigenvalue weighted by atomic mass is 9.33. The maximum absolute atomic E-state index is 2.76. The summed E-state index contributed by atoms with van der Waals surface area (Å²) in [5.74, 6) is 0. The first-order chi connectivity index (χ1) is 29.5. The Morgan fingerprint density at radius 3 is 1.30 bits per heavy atom. The predicted molar refractivity (Wildman–Crippen MR) is 273 cm³/mol. The standard InChI is InChI=1S/C59H68BN3/c1-54(2,3)38-20-26-42(27-21-38)61-49-30-24-40(56(7,8)9)34-46(49)60-47-35-41(57(10,11)12)25-31-50(47)62(43-28-22-39(23-29-43)55(4,5)6)52-37-44(36-51(61)53(52)60)63-48-19-16-15-18-45(48)58(13)32-17-33-59(58,63)14/h15-16,18-31,34-37H,17,32-33H2,1-14H3. The monoisotopic (exact) mass is 830 g/mol. The van der Waals surface area contributed by atoms with Gasteiger partial charge in [-0.1, -0.05) is 163 Å². The Labute approximate surface area is 379 Å². The number of hydrogen-bond donors (Lipinski definition) is 0. The van der Waals surface area contributed by atoms with Crippen LogP contribution in [-0.2, 0) is 27.1 Å². The van der Waals surface area contributed by atoms with Gasteiger partial charge in [0.1, 0.15) is 0 Å². The summed E-state index contributed by atoms with van der Waals surface area (Å²) in [6.45, 7) is 33.1. The third kappa shape index (κ3) is 6.28. The van der Waals surface area contributed by atoms with E-state index < -0.39 is 0 Å². The van der Waals surface area contributed by atoms with Gasteiger partial charge in [0.05, 0.1) is 5.54 Å². The molecule has 1 fully saturated rings. The molecule has 3 nitrogen and oxygen atoms in total. The zero-order chi connectivity index (χ0) is 44.8. The Kier molecular flexibility index (Phi) is 9.05. The van der Waals surface area contributed by atoms with Crippen LogP contribution in [-0.4, -0.2) is 12.3 Å². The molecule has 322 valence electrons. The second kappa shape index (κ2) is 13.6. The first-order valence-corrected chi connectivity index (χ1v) is 23.7. The van der Waals surface area contributed by atoms with Gasteiger partial charge in [-0.25, -0.2) is 0 Å². The molecule has 10 rings (SSSR count). The van der Waals surface area contributed by atoms with Gasteiger partial charge in [0, 0.05) is 50.9 Å². The number of rotatable bonds is 3. The highest BCUT2D eigenvalue weighted by atomic mass is 15.3. The van der Waals surface area contributed by atoms with Crippen molar-refractivity contribution in [2.45, 2.75) is 149 Å². The van der Waals surface area contributed by atoms with Crippen molar-refractivity contribution in [2.24, 2.45) is 0 Å². The highest BCUT2D eigenvalue weighted by Crippen LogP contribution is 2.63. The van der Waals surface area contributed by atoms with Crippen LogP contribution in [0.2, 0.25) is 0 Å². The van der Waals surface area contributed by atoms with E-state index in [1.165, 1.54) is 103 Å². The highest BCUT2D eigenvalue weighted by molar-refractivity contribution is 7.00. The summed E-state index contributed by atoms with van der Waals surface area (Å²) < 4.78 is 0. The van der Waals surface area contributed by atoms with Gasteiger partial charge >= 0.3 is 0 Å². The lowest BCUT2D eigenvalue weighted by molar-refractivity contribution is 0.330. The van der Waals surface area contributed by atoms with Gasteiger partial charge < -0.3 is 14.7 Å². The molecule has 0 bridgehead atoms. The Hall–Kier alpha value is -5.22. The summed E-state index contributed by atoms with van der Waals surface area (Å²) in [7, 11) is 0. The summed E-state index contributed by atoms with van der Waals surface area (Å²) in [5, 5.41) is 0. The number of anilines is 8. The maximum atomic E-state index is 2.76. The largest absolute Gasteiger partial charge is 0.334 e. The van der Waals surface area contributed by atoms with E-state index >= 15 is 0 Å². The van der Waals surface area contributed by atoms with Crippen LogP contribution in [0.15, 0.2) is 121 Å². The molecule has 3 aliphatic heterocycles. The quantitative estimate of drug-likeness (QED) is 0.164. The SMILES string of the molecule is CC(C)(C)c1ccc(N2c3ccc(C(C)(C)C)cc3B3c4cc(C(C)(C)C)ccc4N(c4ccc(C(C)(C)C)cc4)c4cc(N5c6ccccc6C6(C)CCCC56C)cc2c43)cc1. The topological polar surface area (TPSA) is 9.72 Å². The van der Waals surface area contributed by atoms with Crippen LogP contribution in [0, 0.1) is 0 Å². The molecule has 0 amide bonds. The van der Waals surface area contributed by atoms with Crippen molar-refractivity contribution >= 4 is 68.6 Å². The van der Waals surface area contributed by atoms with E-state index in [-0.39, 0.29) is 39.3 Å². The summed E-state index contributed by atoms with van der Waals surface area (Å²) in [6, 6.07) is 48.2. The van der Waals surface area contributed by atoms with Crippen LogP contribution in [0.5, 0.6) is 0 Å². The van der Waals surface area contributed by atoms with E-state index in [9.17, 15) is 0 Å². The zero-order valence-corrected chi connectivity index (χ0v) is 40.6. The first kappa shape index (κ1) is 41.8. The molecule has 4 aliphatic rings. The van der Waals surface area contributed by atoms with Gasteiger partial charge in [0.25, 0.3) is 6.71 Å². The molecule has 0 N–H and O–H groups in total. The third-order valence-electron chi connectivity index (χ3n) is 15.8. The molecule has 0 spiro atoms.